The van der Waals surface area contributed by atoms with Gasteiger partial charge in [0.15, 0.2) is 0 Å². The van der Waals surface area contributed by atoms with Crippen molar-refractivity contribution >= 4 is 46.8 Å². The van der Waals surface area contributed by atoms with Crippen molar-refractivity contribution in [2.24, 2.45) is 11.8 Å². The number of quaternary nitrogens is 1. The molecule has 6 rings (SSSR count). The van der Waals surface area contributed by atoms with Gasteiger partial charge in [0.25, 0.3) is 5.91 Å². The molecule has 0 unspecified atom stereocenters. The van der Waals surface area contributed by atoms with Crippen molar-refractivity contribution in [3.05, 3.63) is 95.6 Å². The van der Waals surface area contributed by atoms with Crippen molar-refractivity contribution in [2.75, 3.05) is 28.8 Å². The molecule has 0 bridgehead atoms. The number of hydrogen-bond acceptors (Lipinski definition) is 5. The molecule has 3 aliphatic heterocycles. The Morgan fingerprint density at radius 3 is 2.37 bits per heavy atom. The fourth-order valence-corrected chi connectivity index (χ4v) is 7.26. The molecule has 0 aromatic heterocycles. The minimum atomic E-state index is -1.30. The first-order chi connectivity index (χ1) is 19.8. The number of fused-ring (bicyclic) bond motifs is 4. The predicted octanol–water partition coefficient (Wildman–Crippen LogP) is 2.68. The number of amides is 4. The maximum absolute atomic E-state index is 14.5. The first-order valence-electron chi connectivity index (χ1n) is 13.9. The van der Waals surface area contributed by atoms with Gasteiger partial charge >= 0.3 is 0 Å². The summed E-state index contributed by atoms with van der Waals surface area (Å²) in [6.45, 7) is 1.95. The maximum Gasteiger partial charge on any atom is 0.294 e. The molecule has 210 valence electrons. The van der Waals surface area contributed by atoms with Crippen LogP contribution in [0.4, 0.5) is 11.4 Å². The lowest BCUT2D eigenvalue weighted by atomic mass is 9.76. The molecule has 4 atom stereocenters. The molecule has 0 aliphatic carbocycles. The Morgan fingerprint density at radius 1 is 0.927 bits per heavy atom. The van der Waals surface area contributed by atoms with Crippen molar-refractivity contribution in [1.82, 2.24) is 4.90 Å². The lowest BCUT2D eigenvalue weighted by molar-refractivity contribution is -0.733. The molecule has 3 aromatic rings. The van der Waals surface area contributed by atoms with E-state index in [1.54, 1.807) is 11.8 Å². The van der Waals surface area contributed by atoms with Gasteiger partial charge in [-0.15, -0.1) is 0 Å². The van der Waals surface area contributed by atoms with Gasteiger partial charge in [-0.2, -0.15) is 11.8 Å². The molecule has 8 nitrogen and oxygen atoms in total. The maximum atomic E-state index is 14.5. The largest absolute Gasteiger partial charge is 0.326 e. The summed E-state index contributed by atoms with van der Waals surface area (Å²) in [5, 5.41) is 4.85. The summed E-state index contributed by atoms with van der Waals surface area (Å²) >= 11 is 1.68. The van der Waals surface area contributed by atoms with E-state index in [0.29, 0.717) is 23.4 Å². The number of likely N-dealkylation sites (tertiary alicyclic amines) is 1. The van der Waals surface area contributed by atoms with Crippen LogP contribution in [-0.2, 0) is 31.3 Å². The molecule has 0 saturated carbocycles. The van der Waals surface area contributed by atoms with E-state index in [2.05, 4.69) is 5.32 Å². The molecule has 3 heterocycles. The topological polar surface area (TPSA) is 103 Å². The van der Waals surface area contributed by atoms with E-state index in [4.69, 9.17) is 0 Å². The van der Waals surface area contributed by atoms with Gasteiger partial charge in [-0.1, -0.05) is 66.2 Å². The molecule has 2 saturated heterocycles. The van der Waals surface area contributed by atoms with E-state index in [9.17, 15) is 19.2 Å². The number of imide groups is 1. The van der Waals surface area contributed by atoms with Gasteiger partial charge in [-0.25, -0.2) is 0 Å². The number of thioether (sulfide) groups is 1. The second kappa shape index (κ2) is 10.8. The Balaban J connectivity index is 1.36. The van der Waals surface area contributed by atoms with Crippen molar-refractivity contribution in [3.63, 3.8) is 0 Å². The number of hydrogen-bond donors (Lipinski definition) is 2. The second-order valence-electron chi connectivity index (χ2n) is 11.1. The van der Waals surface area contributed by atoms with Crippen LogP contribution in [0.2, 0.25) is 0 Å². The number of aryl methyl sites for hydroxylation is 1. The summed E-state index contributed by atoms with van der Waals surface area (Å²) in [6.07, 6.45) is 2.70. The molecule has 41 heavy (non-hydrogen) atoms. The number of carbonyl (C=O) groups is 4. The summed E-state index contributed by atoms with van der Waals surface area (Å²) < 4.78 is 0. The van der Waals surface area contributed by atoms with Gasteiger partial charge in [-0.05, 0) is 42.7 Å². The normalized spacial score (nSPS) is 24.7. The van der Waals surface area contributed by atoms with Crippen LogP contribution < -0.4 is 15.5 Å². The molecule has 3 aromatic carbocycles. The van der Waals surface area contributed by atoms with E-state index in [1.165, 1.54) is 9.80 Å². The van der Waals surface area contributed by atoms with E-state index >= 15 is 0 Å². The monoisotopic (exact) mass is 569 g/mol. The zero-order valence-electron chi connectivity index (χ0n) is 23.1. The number of nitrogens with zero attached hydrogens (tertiary/aromatic N) is 2. The van der Waals surface area contributed by atoms with Crippen LogP contribution in [0.3, 0.4) is 0 Å². The van der Waals surface area contributed by atoms with Crippen LogP contribution in [0.25, 0.3) is 0 Å². The SMILES string of the molecule is CSCC[C@@H]1[NH2+][C@]2(C(=O)N(CC(=O)Nc3ccc(C)cc3)c3ccccc32)[C@@H]2C(=O)N(Cc3ccccc3)C(=O)[C@H]12. The minimum Gasteiger partial charge on any atom is -0.326 e. The molecule has 3 N–H and O–H groups in total. The van der Waals surface area contributed by atoms with Gasteiger partial charge in [-0.3, -0.25) is 29.0 Å². The summed E-state index contributed by atoms with van der Waals surface area (Å²) in [5.74, 6) is -1.84. The highest BCUT2D eigenvalue weighted by atomic mass is 32.2. The van der Waals surface area contributed by atoms with Crippen LogP contribution in [0.5, 0.6) is 0 Å². The highest BCUT2D eigenvalue weighted by molar-refractivity contribution is 7.98. The van der Waals surface area contributed by atoms with Gasteiger partial charge in [0.1, 0.15) is 24.4 Å². The average molecular weight is 570 g/mol. The molecule has 0 radical (unpaired) electrons. The van der Waals surface area contributed by atoms with Gasteiger partial charge in [0, 0.05) is 17.7 Å². The Kier molecular flexibility index (Phi) is 7.17. The Hall–Kier alpha value is -3.95. The Labute approximate surface area is 243 Å². The fraction of sp³-hybridized carbons (Fsp3) is 0.312. The third-order valence-electron chi connectivity index (χ3n) is 8.59. The Bertz CT molecular complexity index is 1510. The third kappa shape index (κ3) is 4.53. The first kappa shape index (κ1) is 27.2. The summed E-state index contributed by atoms with van der Waals surface area (Å²) in [5.41, 5.74) is 2.59. The molecular formula is C32H33N4O4S+. The number of para-hydroxylation sites is 1. The third-order valence-corrected chi connectivity index (χ3v) is 9.23. The first-order valence-corrected chi connectivity index (χ1v) is 15.3. The van der Waals surface area contributed by atoms with Crippen molar-refractivity contribution in [1.29, 1.82) is 0 Å². The van der Waals surface area contributed by atoms with Crippen molar-refractivity contribution in [2.45, 2.75) is 31.5 Å². The van der Waals surface area contributed by atoms with E-state index in [-0.39, 0.29) is 42.8 Å². The molecule has 2 fully saturated rings. The van der Waals surface area contributed by atoms with Crippen LogP contribution in [-0.4, -0.2) is 53.1 Å². The smallest absolute Gasteiger partial charge is 0.294 e. The Morgan fingerprint density at radius 2 is 1.63 bits per heavy atom. The van der Waals surface area contributed by atoms with E-state index < -0.39 is 17.4 Å². The van der Waals surface area contributed by atoms with Crippen LogP contribution in [0.15, 0.2) is 78.9 Å². The summed E-state index contributed by atoms with van der Waals surface area (Å²) in [7, 11) is 0. The zero-order chi connectivity index (χ0) is 28.7. The minimum absolute atomic E-state index is 0.176. The highest BCUT2D eigenvalue weighted by Gasteiger charge is 2.75. The van der Waals surface area contributed by atoms with Crippen LogP contribution in [0.1, 0.15) is 23.1 Å². The molecule has 4 amide bonds. The number of carbonyl (C=O) groups excluding carboxylic acids is 4. The molecule has 9 heteroatoms. The van der Waals surface area contributed by atoms with Crippen LogP contribution >= 0.6 is 11.8 Å². The zero-order valence-corrected chi connectivity index (χ0v) is 23.9. The quantitative estimate of drug-likeness (QED) is 0.406. The van der Waals surface area contributed by atoms with E-state index in [1.807, 2.05) is 97.4 Å². The predicted molar refractivity (Wildman–Crippen MR) is 158 cm³/mol. The number of nitrogens with two attached hydrogens (primary N) is 1. The second-order valence-corrected chi connectivity index (χ2v) is 12.0. The number of benzene rings is 3. The number of rotatable bonds is 8. The molecular weight excluding hydrogens is 536 g/mol. The van der Waals surface area contributed by atoms with Crippen molar-refractivity contribution in [3.8, 4) is 0 Å². The van der Waals surface area contributed by atoms with Gasteiger partial charge in [0.2, 0.25) is 23.3 Å². The van der Waals surface area contributed by atoms with Gasteiger partial charge < -0.3 is 10.6 Å². The standard InChI is InChI=1S/C32H32N4O4S/c1-20-12-14-22(15-13-20)33-26(37)19-35-25-11-7-6-10-23(25)32(31(35)40)28-27(24(34-32)16-17-41-2)29(38)36(30(28)39)18-21-8-4-3-5-9-21/h3-15,24,27-28,34H,16-19H2,1-2H3,(H,33,37)/p+1/t24-,27+,28-,32-/m0/s1. The molecule has 1 spiro atoms. The fourth-order valence-electron chi connectivity index (χ4n) is 6.75. The summed E-state index contributed by atoms with van der Waals surface area (Å²) in [4.78, 5) is 58.6. The molecule has 3 aliphatic rings. The number of anilines is 2. The van der Waals surface area contributed by atoms with Crippen molar-refractivity contribution < 1.29 is 24.5 Å². The average Bonchev–Trinajstić information content (AvgIpc) is 3.53. The lowest BCUT2D eigenvalue weighted by Gasteiger charge is -2.27. The highest BCUT2D eigenvalue weighted by Crippen LogP contribution is 2.51. The number of nitrogens with one attached hydrogen (secondary N) is 1. The van der Waals surface area contributed by atoms with E-state index in [0.717, 1.165) is 16.9 Å². The lowest BCUT2D eigenvalue weighted by Crippen LogP contribution is -2.99. The van der Waals surface area contributed by atoms with Crippen LogP contribution in [0, 0.1) is 18.8 Å². The summed E-state index contributed by atoms with van der Waals surface area (Å²) in [6, 6.07) is 24.1. The van der Waals surface area contributed by atoms with Gasteiger partial charge in [0.05, 0.1) is 12.2 Å².